The summed E-state index contributed by atoms with van der Waals surface area (Å²) >= 11 is 0. The van der Waals surface area contributed by atoms with E-state index in [-0.39, 0.29) is 6.61 Å². The van der Waals surface area contributed by atoms with Crippen LogP contribution in [0.3, 0.4) is 0 Å². The third kappa shape index (κ3) is 4.12. The molecular weight excluding hydrogens is 388 g/mol. The molecule has 0 radical (unpaired) electrons. The number of carbonyl (C=O) groups is 1. The Bertz CT molecular complexity index is 1310. The van der Waals surface area contributed by atoms with Crippen molar-refractivity contribution < 1.29 is 18.2 Å². The fourth-order valence-electron chi connectivity index (χ4n) is 3.38. The molecule has 6 heteroatoms. The van der Waals surface area contributed by atoms with Gasteiger partial charge in [-0.25, -0.2) is 9.59 Å². The summed E-state index contributed by atoms with van der Waals surface area (Å²) in [7, 11) is -1.00. The fraction of sp³-hybridized carbons (Fsp3) is 0.130. The lowest BCUT2D eigenvalue weighted by Crippen LogP contribution is -2.08. The standard InChI is InChI=1S/C23H18O5S/c1-29(26)14-15-5-4-7-17(11-15)23(25)27-13-18-12-21(24)28-20-10-9-16-6-2-3-8-19(16)22(18)20/h2-12H,13-14H2,1H3. The second kappa shape index (κ2) is 8.01. The maximum absolute atomic E-state index is 12.5. The lowest BCUT2D eigenvalue weighted by Gasteiger charge is -2.10. The van der Waals surface area contributed by atoms with Crippen LogP contribution in [0.4, 0.5) is 0 Å². The highest BCUT2D eigenvalue weighted by Crippen LogP contribution is 2.28. The summed E-state index contributed by atoms with van der Waals surface area (Å²) in [6, 6.07) is 19.6. The molecule has 0 N–H and O–H groups in total. The summed E-state index contributed by atoms with van der Waals surface area (Å²) in [6.45, 7) is -0.0567. The monoisotopic (exact) mass is 406 g/mol. The smallest absolute Gasteiger partial charge is 0.338 e. The number of hydrogen-bond acceptors (Lipinski definition) is 5. The van der Waals surface area contributed by atoms with Gasteiger partial charge < -0.3 is 9.15 Å². The van der Waals surface area contributed by atoms with Crippen molar-refractivity contribution in [1.29, 1.82) is 0 Å². The van der Waals surface area contributed by atoms with Gasteiger partial charge in [-0.05, 0) is 34.5 Å². The van der Waals surface area contributed by atoms with E-state index in [2.05, 4.69) is 0 Å². The average molecular weight is 406 g/mol. The quantitative estimate of drug-likeness (QED) is 0.282. The molecule has 5 nitrogen and oxygen atoms in total. The van der Waals surface area contributed by atoms with Crippen molar-refractivity contribution in [2.24, 2.45) is 0 Å². The van der Waals surface area contributed by atoms with Gasteiger partial charge in [-0.15, -0.1) is 0 Å². The molecule has 1 heterocycles. The third-order valence-corrected chi connectivity index (χ3v) is 5.35. The van der Waals surface area contributed by atoms with E-state index >= 15 is 0 Å². The Balaban J connectivity index is 1.66. The maximum atomic E-state index is 12.5. The van der Waals surface area contributed by atoms with E-state index in [1.165, 1.54) is 6.07 Å². The van der Waals surface area contributed by atoms with Gasteiger partial charge in [-0.3, -0.25) is 4.21 Å². The molecule has 1 unspecified atom stereocenters. The number of fused-ring (bicyclic) bond motifs is 3. The minimum atomic E-state index is -1.00. The Morgan fingerprint density at radius 3 is 2.69 bits per heavy atom. The normalized spacial score (nSPS) is 12.2. The minimum absolute atomic E-state index is 0.0567. The molecule has 0 spiro atoms. The van der Waals surface area contributed by atoms with Crippen molar-refractivity contribution in [1.82, 2.24) is 0 Å². The van der Waals surface area contributed by atoms with E-state index in [9.17, 15) is 13.8 Å². The molecule has 1 atom stereocenters. The molecule has 0 aliphatic rings. The van der Waals surface area contributed by atoms with Gasteiger partial charge in [-0.2, -0.15) is 0 Å². The Morgan fingerprint density at radius 1 is 1.03 bits per heavy atom. The summed E-state index contributed by atoms with van der Waals surface area (Å²) in [6.07, 6.45) is 1.61. The average Bonchev–Trinajstić information content (AvgIpc) is 2.71. The fourth-order valence-corrected chi connectivity index (χ4v) is 4.03. The minimum Gasteiger partial charge on any atom is -0.457 e. The first-order chi connectivity index (χ1) is 14.0. The molecule has 0 aliphatic carbocycles. The summed E-state index contributed by atoms with van der Waals surface area (Å²) in [4.78, 5) is 24.5. The first-order valence-electron chi connectivity index (χ1n) is 9.02. The highest BCUT2D eigenvalue weighted by Gasteiger charge is 2.13. The molecule has 0 fully saturated rings. The zero-order valence-corrected chi connectivity index (χ0v) is 16.5. The van der Waals surface area contributed by atoms with Gasteiger partial charge in [-0.1, -0.05) is 42.5 Å². The lowest BCUT2D eigenvalue weighted by molar-refractivity contribution is 0.0473. The first-order valence-corrected chi connectivity index (χ1v) is 10.7. The number of carbonyl (C=O) groups excluding carboxylic acids is 1. The summed E-state index contributed by atoms with van der Waals surface area (Å²) < 4.78 is 22.2. The van der Waals surface area contributed by atoms with Crippen LogP contribution in [0.2, 0.25) is 0 Å². The van der Waals surface area contributed by atoms with Crippen LogP contribution in [-0.4, -0.2) is 16.4 Å². The van der Waals surface area contributed by atoms with Crippen molar-refractivity contribution in [3.63, 3.8) is 0 Å². The van der Waals surface area contributed by atoms with Crippen LogP contribution >= 0.6 is 0 Å². The van der Waals surface area contributed by atoms with Crippen molar-refractivity contribution in [3.8, 4) is 0 Å². The molecule has 4 aromatic rings. The Hall–Kier alpha value is -3.25. The maximum Gasteiger partial charge on any atom is 0.338 e. The zero-order valence-electron chi connectivity index (χ0n) is 15.7. The molecule has 29 heavy (non-hydrogen) atoms. The van der Waals surface area contributed by atoms with Crippen molar-refractivity contribution in [2.75, 3.05) is 6.26 Å². The van der Waals surface area contributed by atoms with Gasteiger partial charge in [0.05, 0.1) is 5.56 Å². The van der Waals surface area contributed by atoms with Gasteiger partial charge in [0.25, 0.3) is 0 Å². The van der Waals surface area contributed by atoms with Gasteiger partial charge in [0.1, 0.15) is 12.2 Å². The van der Waals surface area contributed by atoms with Crippen LogP contribution in [0.25, 0.3) is 21.7 Å². The predicted molar refractivity (Wildman–Crippen MR) is 113 cm³/mol. The first kappa shape index (κ1) is 19.1. The topological polar surface area (TPSA) is 73.6 Å². The largest absolute Gasteiger partial charge is 0.457 e. The third-order valence-electron chi connectivity index (χ3n) is 4.61. The van der Waals surface area contributed by atoms with Crippen LogP contribution in [0.15, 0.2) is 75.9 Å². The Labute approximate surface area is 169 Å². The van der Waals surface area contributed by atoms with Gasteiger partial charge in [0.15, 0.2) is 0 Å². The molecule has 0 amide bonds. The van der Waals surface area contributed by atoms with Crippen molar-refractivity contribution in [2.45, 2.75) is 12.4 Å². The van der Waals surface area contributed by atoms with E-state index in [1.807, 2.05) is 36.4 Å². The van der Waals surface area contributed by atoms with Crippen LogP contribution < -0.4 is 5.63 Å². The molecule has 0 aliphatic heterocycles. The number of hydrogen-bond donors (Lipinski definition) is 0. The summed E-state index contributed by atoms with van der Waals surface area (Å²) in [5, 5.41) is 2.68. The van der Waals surface area contributed by atoms with Crippen LogP contribution in [0.5, 0.6) is 0 Å². The number of ether oxygens (including phenoxy) is 1. The molecule has 0 bridgehead atoms. The van der Waals surface area contributed by atoms with E-state index in [0.29, 0.717) is 22.5 Å². The molecule has 0 saturated carbocycles. The van der Waals surface area contributed by atoms with Gasteiger partial charge in [0.2, 0.25) is 0 Å². The highest BCUT2D eigenvalue weighted by molar-refractivity contribution is 7.83. The molecule has 1 aromatic heterocycles. The van der Waals surface area contributed by atoms with Gasteiger partial charge >= 0.3 is 11.6 Å². The number of esters is 1. The van der Waals surface area contributed by atoms with Crippen molar-refractivity contribution >= 4 is 38.5 Å². The number of rotatable bonds is 5. The van der Waals surface area contributed by atoms with Gasteiger partial charge in [0, 0.05) is 39.8 Å². The van der Waals surface area contributed by atoms with E-state index in [1.54, 1.807) is 30.5 Å². The Morgan fingerprint density at radius 2 is 1.86 bits per heavy atom. The van der Waals surface area contributed by atoms with E-state index in [4.69, 9.17) is 9.15 Å². The lowest BCUT2D eigenvalue weighted by atomic mass is 10.0. The molecule has 0 saturated heterocycles. The second-order valence-corrected chi connectivity index (χ2v) is 8.18. The molecule has 4 rings (SSSR count). The van der Waals surface area contributed by atoms with Crippen molar-refractivity contribution in [3.05, 3.63) is 93.8 Å². The van der Waals surface area contributed by atoms with Crippen LogP contribution in [0.1, 0.15) is 21.5 Å². The summed E-state index contributed by atoms with van der Waals surface area (Å²) in [5.41, 5.74) is 1.73. The van der Waals surface area contributed by atoms with Crippen LogP contribution in [-0.2, 0) is 27.9 Å². The second-order valence-electron chi connectivity index (χ2n) is 6.74. The number of benzene rings is 3. The molecule has 146 valence electrons. The predicted octanol–water partition coefficient (Wildman–Crippen LogP) is 4.18. The van der Waals surface area contributed by atoms with E-state index < -0.39 is 22.4 Å². The molecular formula is C23H18O5S. The Kier molecular flexibility index (Phi) is 5.27. The van der Waals surface area contributed by atoms with E-state index in [0.717, 1.165) is 21.7 Å². The zero-order chi connectivity index (χ0) is 20.4. The SMILES string of the molecule is CS(=O)Cc1cccc(C(=O)OCc2cc(=O)oc3ccc4ccccc4c23)c1. The highest BCUT2D eigenvalue weighted by atomic mass is 32.2. The summed E-state index contributed by atoms with van der Waals surface area (Å²) in [5.74, 6) is -0.132. The molecule has 3 aromatic carbocycles. The van der Waals surface area contributed by atoms with Crippen LogP contribution in [0, 0.1) is 0 Å².